The van der Waals surface area contributed by atoms with Gasteiger partial charge in [0.15, 0.2) is 5.82 Å². The second-order valence-electron chi connectivity index (χ2n) is 3.43. The molecule has 0 amide bonds. The third-order valence-electron chi connectivity index (χ3n) is 2.11. The standard InChI is InChI=1S/C11H9Cl2N5/c12-7-2-1-6(3-8(7)13)4-16-9-5-17-11(15)18-10(9)14/h1-5H,(H4,14,15,17,18). The van der Waals surface area contributed by atoms with Crippen LogP contribution in [0.2, 0.25) is 10.0 Å². The number of nitrogens with zero attached hydrogens (tertiary/aromatic N) is 3. The van der Waals surface area contributed by atoms with E-state index in [1.165, 1.54) is 6.20 Å². The van der Waals surface area contributed by atoms with E-state index in [1.807, 2.05) is 0 Å². The van der Waals surface area contributed by atoms with E-state index in [0.29, 0.717) is 15.7 Å². The Bertz CT molecular complexity index is 612. The molecular weight excluding hydrogens is 273 g/mol. The summed E-state index contributed by atoms with van der Waals surface area (Å²) in [4.78, 5) is 11.8. The molecular formula is C11H9Cl2N5. The van der Waals surface area contributed by atoms with E-state index in [9.17, 15) is 0 Å². The average molecular weight is 282 g/mol. The molecule has 1 aromatic carbocycles. The maximum atomic E-state index is 5.89. The highest BCUT2D eigenvalue weighted by atomic mass is 35.5. The Morgan fingerprint density at radius 3 is 2.61 bits per heavy atom. The first-order valence-corrected chi connectivity index (χ1v) is 5.69. The summed E-state index contributed by atoms with van der Waals surface area (Å²) in [6.07, 6.45) is 3.04. The second kappa shape index (κ2) is 5.20. The molecule has 0 aliphatic carbocycles. The fraction of sp³-hybridized carbons (Fsp3) is 0. The van der Waals surface area contributed by atoms with Crippen molar-refractivity contribution in [2.24, 2.45) is 4.99 Å². The van der Waals surface area contributed by atoms with E-state index >= 15 is 0 Å². The van der Waals surface area contributed by atoms with Gasteiger partial charge in [0.2, 0.25) is 5.95 Å². The molecule has 0 radical (unpaired) electrons. The molecule has 1 aromatic heterocycles. The number of halogens is 2. The zero-order chi connectivity index (χ0) is 13.1. The molecule has 0 saturated heterocycles. The van der Waals surface area contributed by atoms with Gasteiger partial charge in [0.25, 0.3) is 0 Å². The van der Waals surface area contributed by atoms with Gasteiger partial charge >= 0.3 is 0 Å². The molecule has 1 heterocycles. The molecule has 92 valence electrons. The Morgan fingerprint density at radius 2 is 1.94 bits per heavy atom. The summed E-state index contributed by atoms with van der Waals surface area (Å²) in [7, 11) is 0. The van der Waals surface area contributed by atoms with Gasteiger partial charge in [-0.2, -0.15) is 4.98 Å². The van der Waals surface area contributed by atoms with Gasteiger partial charge in [-0.25, -0.2) is 4.98 Å². The molecule has 2 aromatic rings. The molecule has 4 N–H and O–H groups in total. The van der Waals surface area contributed by atoms with Crippen molar-refractivity contribution in [2.45, 2.75) is 0 Å². The summed E-state index contributed by atoms with van der Waals surface area (Å²) >= 11 is 11.7. The number of benzene rings is 1. The molecule has 7 heteroatoms. The van der Waals surface area contributed by atoms with Crippen molar-refractivity contribution in [3.63, 3.8) is 0 Å². The number of hydrogen-bond acceptors (Lipinski definition) is 5. The van der Waals surface area contributed by atoms with Gasteiger partial charge < -0.3 is 11.5 Å². The zero-order valence-corrected chi connectivity index (χ0v) is 10.7. The lowest BCUT2D eigenvalue weighted by Gasteiger charge is -2.00. The molecule has 5 nitrogen and oxygen atoms in total. The van der Waals surface area contributed by atoms with E-state index in [-0.39, 0.29) is 11.8 Å². The first-order valence-electron chi connectivity index (χ1n) is 4.93. The molecule has 2 rings (SSSR count). The van der Waals surface area contributed by atoms with Crippen LogP contribution in [0, 0.1) is 0 Å². The van der Waals surface area contributed by atoms with Crippen molar-refractivity contribution in [2.75, 3.05) is 11.5 Å². The molecule has 0 fully saturated rings. The zero-order valence-electron chi connectivity index (χ0n) is 9.14. The van der Waals surface area contributed by atoms with Crippen molar-refractivity contribution >= 4 is 46.9 Å². The van der Waals surface area contributed by atoms with Gasteiger partial charge in [-0.15, -0.1) is 0 Å². The fourth-order valence-corrected chi connectivity index (χ4v) is 1.55. The number of hydrogen-bond donors (Lipinski definition) is 2. The summed E-state index contributed by atoms with van der Waals surface area (Å²) in [6.45, 7) is 0. The minimum Gasteiger partial charge on any atom is -0.382 e. The maximum Gasteiger partial charge on any atom is 0.222 e. The number of nitrogen functional groups attached to an aromatic ring is 2. The number of nitrogens with two attached hydrogens (primary N) is 2. The van der Waals surface area contributed by atoms with Crippen LogP contribution in [-0.2, 0) is 0 Å². The van der Waals surface area contributed by atoms with Crippen molar-refractivity contribution in [3.05, 3.63) is 40.0 Å². The van der Waals surface area contributed by atoms with Crippen molar-refractivity contribution < 1.29 is 0 Å². The normalized spacial score (nSPS) is 11.0. The minimum atomic E-state index is 0.112. The fourth-order valence-electron chi connectivity index (χ4n) is 1.24. The molecule has 0 unspecified atom stereocenters. The smallest absolute Gasteiger partial charge is 0.222 e. The Hall–Kier alpha value is -1.85. The van der Waals surface area contributed by atoms with Crippen LogP contribution in [0.25, 0.3) is 0 Å². The summed E-state index contributed by atoms with van der Waals surface area (Å²) in [5.74, 6) is 0.333. The SMILES string of the molecule is Nc1ncc(N=Cc2ccc(Cl)c(Cl)c2)c(N)n1. The quantitative estimate of drug-likeness (QED) is 0.828. The summed E-state index contributed by atoms with van der Waals surface area (Å²) in [6, 6.07) is 5.17. The van der Waals surface area contributed by atoms with Crippen LogP contribution in [0.5, 0.6) is 0 Å². The predicted octanol–water partition coefficient (Wildman–Crippen LogP) is 2.70. The van der Waals surface area contributed by atoms with Gasteiger partial charge in [-0.3, -0.25) is 4.99 Å². The van der Waals surface area contributed by atoms with Crippen LogP contribution < -0.4 is 11.5 Å². The van der Waals surface area contributed by atoms with E-state index < -0.39 is 0 Å². The van der Waals surface area contributed by atoms with Gasteiger partial charge in [-0.05, 0) is 17.7 Å². The first kappa shape index (κ1) is 12.6. The van der Waals surface area contributed by atoms with Crippen LogP contribution in [-0.4, -0.2) is 16.2 Å². The average Bonchev–Trinajstić information content (AvgIpc) is 2.32. The molecule has 0 atom stereocenters. The van der Waals surface area contributed by atoms with E-state index in [2.05, 4.69) is 15.0 Å². The monoisotopic (exact) mass is 281 g/mol. The maximum absolute atomic E-state index is 5.89. The molecule has 0 saturated carbocycles. The Balaban J connectivity index is 2.27. The topological polar surface area (TPSA) is 90.2 Å². The molecule has 0 spiro atoms. The van der Waals surface area contributed by atoms with Crippen molar-refractivity contribution in [1.29, 1.82) is 0 Å². The summed E-state index contributed by atoms with van der Waals surface area (Å²) < 4.78 is 0. The Kier molecular flexibility index (Phi) is 3.64. The van der Waals surface area contributed by atoms with E-state index in [1.54, 1.807) is 24.4 Å². The predicted molar refractivity (Wildman–Crippen MR) is 74.6 cm³/mol. The van der Waals surface area contributed by atoms with Gasteiger partial charge in [-0.1, -0.05) is 29.3 Å². The van der Waals surface area contributed by atoms with Crippen LogP contribution in [0.1, 0.15) is 5.56 Å². The number of aromatic nitrogens is 2. The summed E-state index contributed by atoms with van der Waals surface area (Å²) in [5, 5.41) is 0.950. The van der Waals surface area contributed by atoms with Crippen LogP contribution in [0.3, 0.4) is 0 Å². The molecule has 18 heavy (non-hydrogen) atoms. The lowest BCUT2D eigenvalue weighted by atomic mass is 10.2. The minimum absolute atomic E-state index is 0.112. The van der Waals surface area contributed by atoms with Crippen molar-refractivity contribution in [3.8, 4) is 0 Å². The van der Waals surface area contributed by atoms with Crippen molar-refractivity contribution in [1.82, 2.24) is 9.97 Å². The highest BCUT2D eigenvalue weighted by Crippen LogP contribution is 2.23. The third kappa shape index (κ3) is 2.88. The van der Waals surface area contributed by atoms with Crippen LogP contribution >= 0.6 is 23.2 Å². The Morgan fingerprint density at radius 1 is 1.17 bits per heavy atom. The second-order valence-corrected chi connectivity index (χ2v) is 4.24. The van der Waals surface area contributed by atoms with Gasteiger partial charge in [0.05, 0.1) is 16.2 Å². The van der Waals surface area contributed by atoms with E-state index in [4.69, 9.17) is 34.7 Å². The van der Waals surface area contributed by atoms with Crippen LogP contribution in [0.4, 0.5) is 17.5 Å². The first-order chi connectivity index (χ1) is 8.56. The Labute approximate surface area is 113 Å². The highest BCUT2D eigenvalue weighted by molar-refractivity contribution is 6.42. The van der Waals surface area contributed by atoms with Gasteiger partial charge in [0.1, 0.15) is 5.69 Å². The van der Waals surface area contributed by atoms with E-state index in [0.717, 1.165) is 5.56 Å². The molecule has 0 aliphatic heterocycles. The van der Waals surface area contributed by atoms with Crippen LogP contribution in [0.15, 0.2) is 29.4 Å². The number of anilines is 2. The third-order valence-corrected chi connectivity index (χ3v) is 2.85. The molecule has 0 aliphatic rings. The largest absolute Gasteiger partial charge is 0.382 e. The highest BCUT2D eigenvalue weighted by Gasteiger charge is 2.00. The molecule has 0 bridgehead atoms. The number of aliphatic imine (C=N–C) groups is 1. The van der Waals surface area contributed by atoms with Gasteiger partial charge in [0, 0.05) is 6.21 Å². The lowest BCUT2D eigenvalue weighted by molar-refractivity contribution is 1.18. The summed E-state index contributed by atoms with van der Waals surface area (Å²) in [5.41, 5.74) is 12.3. The number of rotatable bonds is 2. The lowest BCUT2D eigenvalue weighted by Crippen LogP contribution is -1.98.